The number of aryl methyl sites for hydroxylation is 1. The van der Waals surface area contributed by atoms with Crippen LogP contribution in [0.25, 0.3) is 11.0 Å². The number of hydrogen-bond acceptors (Lipinski definition) is 4. The van der Waals surface area contributed by atoms with Crippen LogP contribution >= 0.6 is 0 Å². The van der Waals surface area contributed by atoms with Gasteiger partial charge in [-0.05, 0) is 43.4 Å². The summed E-state index contributed by atoms with van der Waals surface area (Å²) in [4.78, 5) is 6.97. The normalized spacial score (nSPS) is 19.4. The van der Waals surface area contributed by atoms with E-state index < -0.39 is 0 Å². The van der Waals surface area contributed by atoms with Crippen molar-refractivity contribution in [2.24, 2.45) is 5.92 Å². The second-order valence-corrected chi connectivity index (χ2v) is 7.62. The van der Waals surface area contributed by atoms with E-state index >= 15 is 0 Å². The van der Waals surface area contributed by atoms with E-state index in [4.69, 9.17) is 0 Å². The number of aliphatic hydroxyl groups excluding tert-OH is 1. The SMILES string of the molecule is O[C@@H](c1cc2n(n1)CCCN(CCn1cnc3ccccc31)C2)C1CC1. The molecule has 26 heavy (non-hydrogen) atoms. The lowest BCUT2D eigenvalue weighted by Gasteiger charge is -2.19. The molecular weight excluding hydrogens is 326 g/mol. The van der Waals surface area contributed by atoms with Gasteiger partial charge in [-0.2, -0.15) is 5.10 Å². The van der Waals surface area contributed by atoms with Crippen LogP contribution in [0.15, 0.2) is 36.7 Å². The van der Waals surface area contributed by atoms with Crippen LogP contribution in [0, 0.1) is 5.92 Å². The summed E-state index contributed by atoms with van der Waals surface area (Å²) in [6.07, 6.45) is 4.93. The first-order valence-electron chi connectivity index (χ1n) is 9.65. The maximum absolute atomic E-state index is 10.4. The Balaban J connectivity index is 1.28. The van der Waals surface area contributed by atoms with Gasteiger partial charge in [-0.15, -0.1) is 0 Å². The molecular formula is C20H25N5O. The van der Waals surface area contributed by atoms with Crippen molar-refractivity contribution in [2.45, 2.75) is 45.0 Å². The van der Waals surface area contributed by atoms with Gasteiger partial charge in [0.1, 0.15) is 6.10 Å². The van der Waals surface area contributed by atoms with E-state index in [0.29, 0.717) is 5.92 Å². The Labute approximate surface area is 153 Å². The molecule has 3 heterocycles. The second kappa shape index (κ2) is 6.52. The van der Waals surface area contributed by atoms with E-state index in [1.165, 1.54) is 11.2 Å². The predicted octanol–water partition coefficient (Wildman–Crippen LogP) is 2.58. The number of nitrogens with zero attached hydrogens (tertiary/aromatic N) is 5. The average Bonchev–Trinajstić information content (AvgIpc) is 3.37. The molecule has 6 heteroatoms. The molecule has 0 unspecified atom stereocenters. The molecule has 0 bridgehead atoms. The van der Waals surface area contributed by atoms with Gasteiger partial charge in [0, 0.05) is 32.7 Å². The fourth-order valence-electron chi connectivity index (χ4n) is 3.98. The molecule has 2 aliphatic rings. The minimum Gasteiger partial charge on any atom is -0.386 e. The molecule has 1 N–H and O–H groups in total. The van der Waals surface area contributed by atoms with Crippen LogP contribution in [0.2, 0.25) is 0 Å². The van der Waals surface area contributed by atoms with Crippen LogP contribution in [-0.2, 0) is 19.6 Å². The van der Waals surface area contributed by atoms with Crippen LogP contribution in [0.4, 0.5) is 0 Å². The molecule has 0 radical (unpaired) electrons. The Morgan fingerprint density at radius 2 is 2.04 bits per heavy atom. The van der Waals surface area contributed by atoms with Crippen molar-refractivity contribution >= 4 is 11.0 Å². The summed E-state index contributed by atoms with van der Waals surface area (Å²) >= 11 is 0. The van der Waals surface area contributed by atoms with Crippen LogP contribution in [0.5, 0.6) is 0 Å². The van der Waals surface area contributed by atoms with Crippen molar-refractivity contribution in [3.8, 4) is 0 Å². The van der Waals surface area contributed by atoms with Crippen molar-refractivity contribution in [3.63, 3.8) is 0 Å². The number of hydrogen-bond donors (Lipinski definition) is 1. The lowest BCUT2D eigenvalue weighted by Crippen LogP contribution is -2.27. The maximum atomic E-state index is 10.4. The third kappa shape index (κ3) is 3.04. The average molecular weight is 351 g/mol. The molecule has 1 aliphatic heterocycles. The van der Waals surface area contributed by atoms with Gasteiger partial charge in [0.15, 0.2) is 0 Å². The number of para-hydroxylation sites is 2. The molecule has 1 saturated carbocycles. The van der Waals surface area contributed by atoms with Gasteiger partial charge in [0.05, 0.1) is 28.7 Å². The Kier molecular flexibility index (Phi) is 4.02. The Bertz CT molecular complexity index is 910. The number of aromatic nitrogens is 4. The largest absolute Gasteiger partial charge is 0.386 e. The second-order valence-electron chi connectivity index (χ2n) is 7.62. The van der Waals surface area contributed by atoms with Gasteiger partial charge < -0.3 is 9.67 Å². The number of rotatable bonds is 5. The fraction of sp³-hybridized carbons (Fsp3) is 0.500. The number of imidazole rings is 1. The molecule has 136 valence electrons. The molecule has 1 atom stereocenters. The molecule has 0 amide bonds. The van der Waals surface area contributed by atoms with E-state index in [9.17, 15) is 5.11 Å². The molecule has 1 aromatic carbocycles. The number of benzene rings is 1. The highest BCUT2D eigenvalue weighted by atomic mass is 16.3. The molecule has 5 rings (SSSR count). The van der Waals surface area contributed by atoms with Crippen LogP contribution < -0.4 is 0 Å². The summed E-state index contributed by atoms with van der Waals surface area (Å²) in [6.45, 7) is 4.85. The zero-order valence-electron chi connectivity index (χ0n) is 15.0. The van der Waals surface area contributed by atoms with Gasteiger partial charge in [0.2, 0.25) is 0 Å². The molecule has 1 fully saturated rings. The van der Waals surface area contributed by atoms with Gasteiger partial charge in [0.25, 0.3) is 0 Å². The monoisotopic (exact) mass is 351 g/mol. The Hall–Kier alpha value is -2.18. The summed E-state index contributed by atoms with van der Waals surface area (Å²) in [5.74, 6) is 0.430. The first-order valence-corrected chi connectivity index (χ1v) is 9.65. The van der Waals surface area contributed by atoms with E-state index in [1.807, 2.05) is 12.4 Å². The van der Waals surface area contributed by atoms with E-state index in [2.05, 4.69) is 48.5 Å². The zero-order chi connectivity index (χ0) is 17.5. The molecule has 1 aliphatic carbocycles. The van der Waals surface area contributed by atoms with Gasteiger partial charge in [-0.1, -0.05) is 12.1 Å². The number of fused-ring (bicyclic) bond motifs is 2. The highest BCUT2D eigenvalue weighted by Crippen LogP contribution is 2.40. The minimum atomic E-state index is -0.375. The third-order valence-electron chi connectivity index (χ3n) is 5.67. The van der Waals surface area contributed by atoms with E-state index in [-0.39, 0.29) is 6.10 Å². The highest BCUT2D eigenvalue weighted by molar-refractivity contribution is 5.74. The van der Waals surface area contributed by atoms with Gasteiger partial charge in [-0.25, -0.2) is 4.98 Å². The van der Waals surface area contributed by atoms with Crippen LogP contribution in [-0.4, -0.2) is 42.4 Å². The summed E-state index contributed by atoms with van der Waals surface area (Å²) < 4.78 is 4.34. The molecule has 0 spiro atoms. The first kappa shape index (κ1) is 16.0. The summed E-state index contributed by atoms with van der Waals surface area (Å²) in [5.41, 5.74) is 4.35. The predicted molar refractivity (Wildman–Crippen MR) is 99.5 cm³/mol. The minimum absolute atomic E-state index is 0.375. The lowest BCUT2D eigenvalue weighted by molar-refractivity contribution is 0.148. The molecule has 3 aromatic rings. The van der Waals surface area contributed by atoms with Crippen molar-refractivity contribution in [1.29, 1.82) is 0 Å². The zero-order valence-corrected chi connectivity index (χ0v) is 15.0. The summed E-state index contributed by atoms with van der Waals surface area (Å²) in [6, 6.07) is 10.4. The Morgan fingerprint density at radius 1 is 1.15 bits per heavy atom. The smallest absolute Gasteiger partial charge is 0.101 e. The molecule has 0 saturated heterocycles. The van der Waals surface area contributed by atoms with E-state index in [0.717, 1.165) is 63.2 Å². The molecule has 6 nitrogen and oxygen atoms in total. The molecule has 2 aromatic heterocycles. The van der Waals surface area contributed by atoms with Crippen molar-refractivity contribution < 1.29 is 5.11 Å². The van der Waals surface area contributed by atoms with E-state index in [1.54, 1.807) is 0 Å². The summed E-state index contributed by atoms with van der Waals surface area (Å²) in [7, 11) is 0. The van der Waals surface area contributed by atoms with Gasteiger partial charge in [-0.3, -0.25) is 9.58 Å². The third-order valence-corrected chi connectivity index (χ3v) is 5.67. The summed E-state index contributed by atoms with van der Waals surface area (Å²) in [5, 5.41) is 15.1. The topological polar surface area (TPSA) is 59.1 Å². The van der Waals surface area contributed by atoms with Crippen LogP contribution in [0.3, 0.4) is 0 Å². The highest BCUT2D eigenvalue weighted by Gasteiger charge is 2.33. The van der Waals surface area contributed by atoms with Gasteiger partial charge >= 0.3 is 0 Å². The maximum Gasteiger partial charge on any atom is 0.101 e. The van der Waals surface area contributed by atoms with Crippen molar-refractivity contribution in [3.05, 3.63) is 48.0 Å². The Morgan fingerprint density at radius 3 is 2.92 bits per heavy atom. The fourth-order valence-corrected chi connectivity index (χ4v) is 3.98. The van der Waals surface area contributed by atoms with Crippen LogP contribution in [0.1, 0.15) is 36.8 Å². The standard InChI is InChI=1S/C20H25N5O/c26-20(15-6-7-15)18-12-16-13-23(8-3-9-25(16)22-18)10-11-24-14-21-17-4-1-2-5-19(17)24/h1-2,4-5,12,14-15,20,26H,3,6-11,13H2/t20-/m1/s1. The lowest BCUT2D eigenvalue weighted by atomic mass is 10.1. The van der Waals surface area contributed by atoms with Crippen molar-refractivity contribution in [2.75, 3.05) is 13.1 Å². The van der Waals surface area contributed by atoms with Crippen molar-refractivity contribution in [1.82, 2.24) is 24.2 Å². The number of aliphatic hydroxyl groups is 1. The quantitative estimate of drug-likeness (QED) is 0.768. The first-order chi connectivity index (χ1) is 12.8.